The quantitative estimate of drug-likeness (QED) is 0.0693. The number of carbonyl (C=O) groups is 8. The number of hydrogen-bond acceptors (Lipinski definition) is 10. The number of phenolic OH excluding ortho intramolecular Hbond substituents is 1. The molecule has 0 fully saturated rings. The van der Waals surface area contributed by atoms with Crippen molar-refractivity contribution in [1.82, 2.24) is 31.9 Å². The average molecular weight is 787 g/mol. The van der Waals surface area contributed by atoms with Gasteiger partial charge in [-0.25, -0.2) is 4.39 Å². The SMILES string of the molecule is CC(C)[C@H](NC(=O)[C@H](CC(=O)O)NC(=O)[C@@H](Cc1cccc(F)c1)NC(=O)[C@@H](C)NC(=O)[C@@H](N)Cc1ccc(O)cc1)C(=O)N[C@H](C(=O)NCC(N)=O)C(C)C. The number of primary amides is 1. The van der Waals surface area contributed by atoms with Crippen LogP contribution in [0.5, 0.6) is 5.75 Å². The Hall–Kier alpha value is -6.11. The van der Waals surface area contributed by atoms with Gasteiger partial charge in [-0.3, -0.25) is 38.4 Å². The fraction of sp³-hybridized carbons (Fsp3) is 0.459. The highest BCUT2D eigenvalue weighted by Gasteiger charge is 2.35. The van der Waals surface area contributed by atoms with E-state index in [-0.39, 0.29) is 24.2 Å². The third-order valence-electron chi connectivity index (χ3n) is 8.38. The van der Waals surface area contributed by atoms with E-state index in [9.17, 15) is 53.0 Å². The van der Waals surface area contributed by atoms with Crippen LogP contribution in [0.3, 0.4) is 0 Å². The van der Waals surface area contributed by atoms with Gasteiger partial charge in [-0.05, 0) is 60.6 Å². The van der Waals surface area contributed by atoms with Gasteiger partial charge in [0, 0.05) is 6.42 Å². The van der Waals surface area contributed by atoms with E-state index in [1.54, 1.807) is 39.8 Å². The first-order valence-electron chi connectivity index (χ1n) is 17.8. The highest BCUT2D eigenvalue weighted by atomic mass is 19.1. The molecule has 0 spiro atoms. The Balaban J connectivity index is 2.27. The number of aromatic hydroxyl groups is 1. The summed E-state index contributed by atoms with van der Waals surface area (Å²) in [6.45, 7) is 7.22. The highest BCUT2D eigenvalue weighted by molar-refractivity contribution is 5.98. The Kier molecular flexibility index (Phi) is 17.8. The zero-order chi connectivity index (χ0) is 42.3. The van der Waals surface area contributed by atoms with E-state index in [1.807, 2.05) is 0 Å². The molecule has 2 rings (SSSR count). The van der Waals surface area contributed by atoms with Crippen LogP contribution in [0.4, 0.5) is 4.39 Å². The molecule has 2 aromatic rings. The fourth-order valence-corrected chi connectivity index (χ4v) is 5.28. The van der Waals surface area contributed by atoms with E-state index in [4.69, 9.17) is 11.5 Å². The largest absolute Gasteiger partial charge is 0.508 e. The molecule has 0 bridgehead atoms. The summed E-state index contributed by atoms with van der Waals surface area (Å²) in [6, 6.07) is 2.91. The molecule has 306 valence electrons. The Labute approximate surface area is 323 Å². The molecular formula is C37H51FN8O10. The van der Waals surface area contributed by atoms with E-state index >= 15 is 0 Å². The van der Waals surface area contributed by atoms with Crippen LogP contribution >= 0.6 is 0 Å². The minimum atomic E-state index is -1.80. The Morgan fingerprint density at radius 2 is 1.21 bits per heavy atom. The van der Waals surface area contributed by atoms with Crippen molar-refractivity contribution in [3.63, 3.8) is 0 Å². The topological polar surface area (TPSA) is 301 Å². The maximum Gasteiger partial charge on any atom is 0.305 e. The first kappa shape index (κ1) is 46.0. The summed E-state index contributed by atoms with van der Waals surface area (Å²) in [7, 11) is 0. The van der Waals surface area contributed by atoms with Gasteiger partial charge in [-0.2, -0.15) is 0 Å². The zero-order valence-electron chi connectivity index (χ0n) is 31.8. The fourth-order valence-electron chi connectivity index (χ4n) is 5.28. The van der Waals surface area contributed by atoms with Gasteiger partial charge in [0.25, 0.3) is 0 Å². The Morgan fingerprint density at radius 1 is 0.661 bits per heavy atom. The van der Waals surface area contributed by atoms with Gasteiger partial charge < -0.3 is 53.6 Å². The molecule has 0 aliphatic rings. The van der Waals surface area contributed by atoms with E-state index in [1.165, 1.54) is 31.2 Å². The second-order valence-electron chi connectivity index (χ2n) is 13.9. The summed E-state index contributed by atoms with van der Waals surface area (Å²) in [5.41, 5.74) is 12.0. The third-order valence-corrected chi connectivity index (χ3v) is 8.38. The lowest BCUT2D eigenvalue weighted by Gasteiger charge is -2.29. The molecule has 0 aliphatic heterocycles. The molecule has 6 atom stereocenters. The number of hydrogen-bond donors (Lipinski definition) is 10. The van der Waals surface area contributed by atoms with Gasteiger partial charge in [0.15, 0.2) is 0 Å². The minimum absolute atomic E-state index is 0.0222. The van der Waals surface area contributed by atoms with Crippen LogP contribution in [0.15, 0.2) is 48.5 Å². The Bertz CT molecular complexity index is 1740. The lowest BCUT2D eigenvalue weighted by atomic mass is 9.99. The van der Waals surface area contributed by atoms with Crippen molar-refractivity contribution in [2.45, 2.75) is 90.1 Å². The van der Waals surface area contributed by atoms with Crippen molar-refractivity contribution in [3.8, 4) is 5.75 Å². The average Bonchev–Trinajstić information content (AvgIpc) is 3.11. The molecule has 0 saturated carbocycles. The molecule has 7 amide bonds. The number of rotatable bonds is 21. The standard InChI is InChI=1S/C37H51FN8O10/c1-18(2)30(36(55)41-17-28(40)48)46-37(56)31(19(3)4)45-35(54)27(16-29(49)50)44-34(53)26(15-22-7-6-8-23(38)13-22)43-32(51)20(5)42-33(52)25(39)14-21-9-11-24(47)12-10-21/h6-13,18-20,25-27,30-31,47H,14-17,39H2,1-5H3,(H2,40,48)(H,41,55)(H,42,52)(H,43,51)(H,44,53)(H,45,54)(H,46,56)(H,49,50)/t20-,25+,26-,27+,30+,31+/m1/s1. The van der Waals surface area contributed by atoms with Gasteiger partial charge in [0.1, 0.15) is 41.8 Å². The van der Waals surface area contributed by atoms with Crippen LogP contribution in [0.2, 0.25) is 0 Å². The molecule has 56 heavy (non-hydrogen) atoms. The van der Waals surface area contributed by atoms with E-state index in [0.29, 0.717) is 5.56 Å². The van der Waals surface area contributed by atoms with E-state index in [0.717, 1.165) is 12.1 Å². The first-order valence-corrected chi connectivity index (χ1v) is 17.8. The van der Waals surface area contributed by atoms with E-state index < -0.39 is 114 Å². The second-order valence-corrected chi connectivity index (χ2v) is 13.9. The smallest absolute Gasteiger partial charge is 0.305 e. The third kappa shape index (κ3) is 15.3. The molecule has 19 heteroatoms. The van der Waals surface area contributed by atoms with Crippen LogP contribution in [0.25, 0.3) is 0 Å². The van der Waals surface area contributed by atoms with Crippen LogP contribution in [-0.2, 0) is 51.2 Å². The predicted octanol–water partition coefficient (Wildman–Crippen LogP) is -1.52. The monoisotopic (exact) mass is 786 g/mol. The van der Waals surface area contributed by atoms with Crippen molar-refractivity contribution >= 4 is 47.3 Å². The number of phenols is 1. The maximum absolute atomic E-state index is 14.1. The maximum atomic E-state index is 14.1. The van der Waals surface area contributed by atoms with Gasteiger partial charge >= 0.3 is 5.97 Å². The summed E-state index contributed by atoms with van der Waals surface area (Å²) in [4.78, 5) is 102. The van der Waals surface area contributed by atoms with Crippen LogP contribution in [0, 0.1) is 17.7 Å². The summed E-state index contributed by atoms with van der Waals surface area (Å²) < 4.78 is 14.1. The summed E-state index contributed by atoms with van der Waals surface area (Å²) in [5, 5.41) is 33.6. The highest BCUT2D eigenvalue weighted by Crippen LogP contribution is 2.12. The number of carboxylic acids is 1. The van der Waals surface area contributed by atoms with Crippen molar-refractivity contribution in [2.75, 3.05) is 6.54 Å². The van der Waals surface area contributed by atoms with Crippen molar-refractivity contribution in [1.29, 1.82) is 0 Å². The normalized spacial score (nSPS) is 14.2. The molecule has 12 N–H and O–H groups in total. The minimum Gasteiger partial charge on any atom is -0.508 e. The molecular weight excluding hydrogens is 735 g/mol. The Morgan fingerprint density at radius 3 is 1.77 bits per heavy atom. The molecule has 0 heterocycles. The number of amides is 7. The van der Waals surface area contributed by atoms with Crippen LogP contribution < -0.4 is 43.4 Å². The van der Waals surface area contributed by atoms with Crippen molar-refractivity contribution in [3.05, 3.63) is 65.5 Å². The molecule has 0 aliphatic carbocycles. The van der Waals surface area contributed by atoms with Gasteiger partial charge in [0.2, 0.25) is 41.4 Å². The van der Waals surface area contributed by atoms with Gasteiger partial charge in [-0.15, -0.1) is 0 Å². The molecule has 0 unspecified atom stereocenters. The number of carboxylic acid groups (broad SMARTS) is 1. The number of aliphatic carboxylic acids is 1. The first-order chi connectivity index (χ1) is 26.2. The van der Waals surface area contributed by atoms with Crippen molar-refractivity contribution in [2.24, 2.45) is 23.3 Å². The van der Waals surface area contributed by atoms with Gasteiger partial charge in [-0.1, -0.05) is 52.0 Å². The number of nitrogens with two attached hydrogens (primary N) is 2. The molecule has 0 radical (unpaired) electrons. The van der Waals surface area contributed by atoms with Gasteiger partial charge in [0.05, 0.1) is 19.0 Å². The lowest BCUT2D eigenvalue weighted by molar-refractivity contribution is -0.141. The predicted molar refractivity (Wildman–Crippen MR) is 199 cm³/mol. The van der Waals surface area contributed by atoms with Crippen LogP contribution in [-0.4, -0.2) is 100 Å². The zero-order valence-corrected chi connectivity index (χ0v) is 31.8. The summed E-state index contributed by atoms with van der Waals surface area (Å²) in [5.74, 6) is -9.30. The number of carbonyl (C=O) groups excluding carboxylic acids is 7. The van der Waals surface area contributed by atoms with Crippen LogP contribution in [0.1, 0.15) is 52.2 Å². The van der Waals surface area contributed by atoms with Crippen molar-refractivity contribution < 1.29 is 53.0 Å². The number of halogens is 1. The molecule has 0 aromatic heterocycles. The molecule has 2 aromatic carbocycles. The summed E-state index contributed by atoms with van der Waals surface area (Å²) >= 11 is 0. The summed E-state index contributed by atoms with van der Waals surface area (Å²) in [6.07, 6.45) is -1.22. The second kappa shape index (κ2) is 21.7. The molecule has 18 nitrogen and oxygen atoms in total. The van der Waals surface area contributed by atoms with E-state index in [2.05, 4.69) is 31.9 Å². The molecule has 0 saturated heterocycles. The number of benzene rings is 2. The number of nitrogens with one attached hydrogen (secondary N) is 6. The lowest BCUT2D eigenvalue weighted by Crippen LogP contribution is -2.61.